The van der Waals surface area contributed by atoms with Gasteiger partial charge in [-0.05, 0) is 6.42 Å². The van der Waals surface area contributed by atoms with Crippen molar-refractivity contribution in [3.63, 3.8) is 0 Å². The van der Waals surface area contributed by atoms with Gasteiger partial charge in [-0.2, -0.15) is 0 Å². The average molecular weight is 183 g/mol. The molecule has 0 spiro atoms. The minimum Gasteiger partial charge on any atom is -0.351 e. The van der Waals surface area contributed by atoms with Crippen LogP contribution in [0.5, 0.6) is 0 Å². The Morgan fingerprint density at radius 1 is 1.62 bits per heavy atom. The minimum absolute atomic E-state index is 0.244. The minimum atomic E-state index is -0.361. The van der Waals surface area contributed by atoms with Crippen LogP contribution < -0.4 is 11.0 Å². The van der Waals surface area contributed by atoms with Crippen molar-refractivity contribution in [1.29, 1.82) is 0 Å². The van der Waals surface area contributed by atoms with Crippen molar-refractivity contribution in [2.75, 3.05) is 6.54 Å². The molecule has 1 rings (SSSR count). The summed E-state index contributed by atoms with van der Waals surface area (Å²) in [6, 6.07) is 0. The molecule has 0 aliphatic carbocycles. The van der Waals surface area contributed by atoms with Crippen LogP contribution in [0.4, 0.5) is 0 Å². The lowest BCUT2D eigenvalue weighted by atomic mass is 10.3. The largest absolute Gasteiger partial charge is 0.351 e. The molecule has 0 radical (unpaired) electrons. The fraction of sp³-hybridized carbons (Fsp3) is 0.500. The molecule has 1 heterocycles. The first-order chi connectivity index (χ1) is 6.24. The monoisotopic (exact) mass is 183 g/mol. The van der Waals surface area contributed by atoms with Gasteiger partial charge in [-0.3, -0.25) is 4.79 Å². The first kappa shape index (κ1) is 9.57. The number of rotatable bonds is 4. The number of hydrogen-bond acceptors (Lipinski definition) is 2. The summed E-state index contributed by atoms with van der Waals surface area (Å²) >= 11 is 0. The van der Waals surface area contributed by atoms with Gasteiger partial charge < -0.3 is 15.3 Å². The Morgan fingerprint density at radius 3 is 2.92 bits per heavy atom. The molecule has 0 saturated carbocycles. The van der Waals surface area contributed by atoms with Crippen molar-refractivity contribution < 1.29 is 4.79 Å². The molecule has 1 aromatic heterocycles. The van der Waals surface area contributed by atoms with Crippen LogP contribution in [0, 0.1) is 0 Å². The van der Waals surface area contributed by atoms with E-state index in [1.165, 1.54) is 6.20 Å². The zero-order chi connectivity index (χ0) is 9.68. The number of amides is 1. The zero-order valence-corrected chi connectivity index (χ0v) is 7.52. The van der Waals surface area contributed by atoms with E-state index in [0.29, 0.717) is 6.54 Å². The number of unbranched alkanes of at least 4 members (excludes halogenated alkanes) is 1. The average Bonchev–Trinajstić information content (AvgIpc) is 2.52. The van der Waals surface area contributed by atoms with E-state index >= 15 is 0 Å². The van der Waals surface area contributed by atoms with Crippen LogP contribution in [0.25, 0.3) is 0 Å². The molecule has 5 nitrogen and oxygen atoms in total. The Hall–Kier alpha value is -1.52. The van der Waals surface area contributed by atoms with Gasteiger partial charge in [0.2, 0.25) is 0 Å². The van der Waals surface area contributed by atoms with Crippen LogP contribution >= 0.6 is 0 Å². The molecule has 0 aliphatic rings. The molecular formula is C8H13N3O2. The Balaban J connectivity index is 2.44. The van der Waals surface area contributed by atoms with Gasteiger partial charge in [-0.1, -0.05) is 13.3 Å². The number of H-pyrrole nitrogens is 2. The van der Waals surface area contributed by atoms with E-state index < -0.39 is 0 Å². The third-order valence-corrected chi connectivity index (χ3v) is 1.66. The summed E-state index contributed by atoms with van der Waals surface area (Å²) in [5.41, 5.74) is -0.0817. The highest BCUT2D eigenvalue weighted by atomic mass is 16.2. The molecular weight excluding hydrogens is 170 g/mol. The van der Waals surface area contributed by atoms with E-state index in [-0.39, 0.29) is 17.3 Å². The maximum Gasteiger partial charge on any atom is 0.323 e. The fourth-order valence-corrected chi connectivity index (χ4v) is 0.928. The summed E-state index contributed by atoms with van der Waals surface area (Å²) in [4.78, 5) is 26.6. The van der Waals surface area contributed by atoms with Gasteiger partial charge >= 0.3 is 5.69 Å². The van der Waals surface area contributed by atoms with Crippen LogP contribution in [-0.4, -0.2) is 22.4 Å². The quantitative estimate of drug-likeness (QED) is 0.584. The van der Waals surface area contributed by atoms with Gasteiger partial charge in [0.15, 0.2) is 0 Å². The molecule has 0 fully saturated rings. The molecule has 1 aromatic rings. The number of nitrogens with one attached hydrogen (secondary N) is 3. The Labute approximate surface area is 75.6 Å². The lowest BCUT2D eigenvalue weighted by Gasteiger charge is -2.00. The van der Waals surface area contributed by atoms with Gasteiger partial charge in [0.1, 0.15) is 5.69 Å². The van der Waals surface area contributed by atoms with Crippen molar-refractivity contribution in [3.05, 3.63) is 22.4 Å². The highest BCUT2D eigenvalue weighted by Gasteiger charge is 2.05. The number of hydrogen-bond donors (Lipinski definition) is 3. The number of imidazole rings is 1. The topological polar surface area (TPSA) is 77.8 Å². The third-order valence-electron chi connectivity index (χ3n) is 1.66. The summed E-state index contributed by atoms with van der Waals surface area (Å²) < 4.78 is 0. The smallest absolute Gasteiger partial charge is 0.323 e. The molecule has 0 aromatic carbocycles. The molecule has 0 aliphatic heterocycles. The molecule has 72 valence electrons. The normalized spacial score (nSPS) is 9.92. The van der Waals surface area contributed by atoms with Crippen molar-refractivity contribution in [3.8, 4) is 0 Å². The van der Waals surface area contributed by atoms with E-state index in [2.05, 4.69) is 15.3 Å². The van der Waals surface area contributed by atoms with Crippen LogP contribution in [-0.2, 0) is 0 Å². The predicted octanol–water partition coefficient (Wildman–Crippen LogP) is 0.233. The molecule has 3 N–H and O–H groups in total. The third kappa shape index (κ3) is 2.77. The Morgan fingerprint density at radius 2 is 2.38 bits per heavy atom. The Bertz CT molecular complexity index is 326. The molecule has 13 heavy (non-hydrogen) atoms. The summed E-state index contributed by atoms with van der Waals surface area (Å²) in [5, 5.41) is 2.68. The van der Waals surface area contributed by atoms with Gasteiger partial charge in [-0.15, -0.1) is 0 Å². The van der Waals surface area contributed by atoms with Crippen LogP contribution in [0.15, 0.2) is 11.0 Å². The van der Waals surface area contributed by atoms with E-state index in [1.807, 2.05) is 6.92 Å². The first-order valence-electron chi connectivity index (χ1n) is 4.30. The molecule has 1 amide bonds. The summed E-state index contributed by atoms with van der Waals surface area (Å²) in [5.74, 6) is -0.244. The molecule has 0 bridgehead atoms. The standard InChI is InChI=1S/C8H13N3O2/c1-2-3-4-9-7(12)6-5-10-8(13)11-6/h5H,2-4H2,1H3,(H,9,12)(H2,10,11,13). The van der Waals surface area contributed by atoms with Crippen LogP contribution in [0.2, 0.25) is 0 Å². The lowest BCUT2D eigenvalue weighted by molar-refractivity contribution is 0.0948. The molecule has 0 unspecified atom stereocenters. The molecule has 5 heteroatoms. The number of carbonyl (C=O) groups excluding carboxylic acids is 1. The molecule has 0 atom stereocenters. The van der Waals surface area contributed by atoms with E-state index in [1.54, 1.807) is 0 Å². The van der Waals surface area contributed by atoms with Crippen molar-refractivity contribution in [2.24, 2.45) is 0 Å². The first-order valence-corrected chi connectivity index (χ1v) is 4.30. The second kappa shape index (κ2) is 4.49. The van der Waals surface area contributed by atoms with Gasteiger partial charge in [0.05, 0.1) is 0 Å². The van der Waals surface area contributed by atoms with Crippen LogP contribution in [0.1, 0.15) is 30.3 Å². The number of carbonyl (C=O) groups is 1. The van der Waals surface area contributed by atoms with E-state index in [4.69, 9.17) is 0 Å². The highest BCUT2D eigenvalue weighted by molar-refractivity contribution is 5.91. The Kier molecular flexibility index (Phi) is 3.31. The van der Waals surface area contributed by atoms with Crippen molar-refractivity contribution in [2.45, 2.75) is 19.8 Å². The second-order valence-corrected chi connectivity index (χ2v) is 2.77. The van der Waals surface area contributed by atoms with E-state index in [9.17, 15) is 9.59 Å². The second-order valence-electron chi connectivity index (χ2n) is 2.77. The predicted molar refractivity (Wildman–Crippen MR) is 48.7 cm³/mol. The van der Waals surface area contributed by atoms with Crippen LogP contribution in [0.3, 0.4) is 0 Å². The van der Waals surface area contributed by atoms with E-state index in [0.717, 1.165) is 12.8 Å². The number of aromatic nitrogens is 2. The lowest BCUT2D eigenvalue weighted by Crippen LogP contribution is -2.25. The van der Waals surface area contributed by atoms with Crippen molar-refractivity contribution in [1.82, 2.24) is 15.3 Å². The summed E-state index contributed by atoms with van der Waals surface area (Å²) in [7, 11) is 0. The maximum absolute atomic E-state index is 11.2. The highest BCUT2D eigenvalue weighted by Crippen LogP contribution is 1.88. The summed E-state index contributed by atoms with van der Waals surface area (Å²) in [6.07, 6.45) is 3.34. The maximum atomic E-state index is 11.2. The zero-order valence-electron chi connectivity index (χ0n) is 7.52. The van der Waals surface area contributed by atoms with Crippen molar-refractivity contribution >= 4 is 5.91 Å². The van der Waals surface area contributed by atoms with Gasteiger partial charge in [-0.25, -0.2) is 4.79 Å². The van der Waals surface area contributed by atoms with Gasteiger partial charge in [0.25, 0.3) is 5.91 Å². The van der Waals surface area contributed by atoms with Gasteiger partial charge in [0, 0.05) is 12.7 Å². The molecule has 0 saturated heterocycles. The summed E-state index contributed by atoms with van der Waals surface area (Å²) in [6.45, 7) is 2.69. The SMILES string of the molecule is CCCCNC(=O)c1c[nH]c(=O)[nH]1. The fourth-order valence-electron chi connectivity index (χ4n) is 0.928. The number of aromatic amines is 2.